The zero-order valence-corrected chi connectivity index (χ0v) is 24.8. The molecule has 0 heterocycles. The summed E-state index contributed by atoms with van der Waals surface area (Å²) in [4.78, 5) is 25.8. The van der Waals surface area contributed by atoms with Gasteiger partial charge in [-0.2, -0.15) is 0 Å². The Morgan fingerprint density at radius 3 is 2.22 bits per heavy atom. The summed E-state index contributed by atoms with van der Waals surface area (Å²) in [6.45, 7) is 4.75. The smallest absolute Gasteiger partial charge is 0.337 e. The molecule has 0 fully saturated rings. The predicted octanol–water partition coefficient (Wildman–Crippen LogP) is 7.56. The topological polar surface area (TPSA) is 65.1 Å². The summed E-state index contributed by atoms with van der Waals surface area (Å²) in [7, 11) is 2.83. The Labute approximate surface area is 245 Å². The number of carbonyl (C=O) groups is 2. The van der Waals surface area contributed by atoms with E-state index < -0.39 is 0 Å². The third-order valence-electron chi connectivity index (χ3n) is 7.29. The SMILES string of the molecule is CCCCC(Oc1ccccc1CCN(CCCCCC(=O)OC)Cc1ccc(C(=O)OC)cc1)c1ccccc1. The van der Waals surface area contributed by atoms with Crippen molar-refractivity contribution in [2.75, 3.05) is 27.3 Å². The number of hydrogen-bond acceptors (Lipinski definition) is 6. The molecule has 0 bridgehead atoms. The number of benzene rings is 3. The van der Waals surface area contributed by atoms with Gasteiger partial charge in [-0.15, -0.1) is 0 Å². The number of esters is 2. The first-order valence-corrected chi connectivity index (χ1v) is 14.8. The fraction of sp³-hybridized carbons (Fsp3) is 0.429. The molecule has 1 atom stereocenters. The molecule has 0 saturated carbocycles. The molecule has 6 heteroatoms. The van der Waals surface area contributed by atoms with Gasteiger partial charge < -0.3 is 14.2 Å². The molecule has 41 heavy (non-hydrogen) atoms. The molecule has 0 radical (unpaired) electrons. The standard InChI is InChI=1S/C35H45NO5/c1-4-5-17-32(29-14-8-6-9-15-29)41-33-18-12-11-16-30(33)24-26-36(25-13-7-10-19-34(37)39-2)27-28-20-22-31(23-21-28)35(38)40-3/h6,8-9,11-12,14-16,18,20-23,32H,4-5,7,10,13,17,19,24-27H2,1-3H3. The van der Waals surface area contributed by atoms with Crippen molar-refractivity contribution < 1.29 is 23.8 Å². The highest BCUT2D eigenvalue weighted by Gasteiger charge is 2.16. The third-order valence-corrected chi connectivity index (χ3v) is 7.29. The molecule has 0 aliphatic carbocycles. The average molecular weight is 560 g/mol. The van der Waals surface area contributed by atoms with Crippen molar-refractivity contribution in [1.29, 1.82) is 0 Å². The Hall–Kier alpha value is -3.64. The van der Waals surface area contributed by atoms with Gasteiger partial charge in [-0.05, 0) is 73.5 Å². The minimum atomic E-state index is -0.330. The Morgan fingerprint density at radius 1 is 0.780 bits per heavy atom. The van der Waals surface area contributed by atoms with Gasteiger partial charge >= 0.3 is 11.9 Å². The van der Waals surface area contributed by atoms with E-state index in [0.29, 0.717) is 12.0 Å². The molecule has 0 amide bonds. The third kappa shape index (κ3) is 11.0. The van der Waals surface area contributed by atoms with Crippen LogP contribution in [0, 0.1) is 0 Å². The molecule has 0 saturated heterocycles. The second-order valence-electron chi connectivity index (χ2n) is 10.4. The van der Waals surface area contributed by atoms with Crippen molar-refractivity contribution in [2.24, 2.45) is 0 Å². The molecule has 3 aromatic carbocycles. The van der Waals surface area contributed by atoms with Crippen LogP contribution in [0.4, 0.5) is 0 Å². The number of unbranched alkanes of at least 4 members (excludes halogenated alkanes) is 3. The summed E-state index contributed by atoms with van der Waals surface area (Å²) in [5, 5.41) is 0. The Bertz CT molecular complexity index is 1180. The number of carbonyl (C=O) groups excluding carboxylic acids is 2. The van der Waals surface area contributed by atoms with Crippen LogP contribution in [-0.4, -0.2) is 44.1 Å². The van der Waals surface area contributed by atoms with Crippen LogP contribution in [0.15, 0.2) is 78.9 Å². The highest BCUT2D eigenvalue weighted by Crippen LogP contribution is 2.29. The van der Waals surface area contributed by atoms with Gasteiger partial charge in [0.25, 0.3) is 0 Å². The maximum Gasteiger partial charge on any atom is 0.337 e. The van der Waals surface area contributed by atoms with Crippen LogP contribution in [0.5, 0.6) is 5.75 Å². The summed E-state index contributed by atoms with van der Waals surface area (Å²) < 4.78 is 16.3. The molecule has 3 rings (SSSR count). The van der Waals surface area contributed by atoms with Crippen molar-refractivity contribution in [1.82, 2.24) is 4.90 Å². The summed E-state index contributed by atoms with van der Waals surface area (Å²) >= 11 is 0. The van der Waals surface area contributed by atoms with Crippen LogP contribution in [0.3, 0.4) is 0 Å². The van der Waals surface area contributed by atoms with E-state index in [9.17, 15) is 9.59 Å². The number of hydrogen-bond donors (Lipinski definition) is 0. The van der Waals surface area contributed by atoms with Crippen molar-refractivity contribution in [3.8, 4) is 5.75 Å². The van der Waals surface area contributed by atoms with E-state index in [0.717, 1.165) is 75.9 Å². The van der Waals surface area contributed by atoms with E-state index in [1.807, 2.05) is 36.4 Å². The minimum absolute atomic E-state index is 0.0246. The van der Waals surface area contributed by atoms with Crippen molar-refractivity contribution in [2.45, 2.75) is 70.9 Å². The Balaban J connectivity index is 1.69. The average Bonchev–Trinajstić information content (AvgIpc) is 3.02. The van der Waals surface area contributed by atoms with Crippen LogP contribution in [0.25, 0.3) is 0 Å². The molecular weight excluding hydrogens is 514 g/mol. The van der Waals surface area contributed by atoms with Crippen LogP contribution in [0.2, 0.25) is 0 Å². The number of ether oxygens (including phenoxy) is 3. The van der Waals surface area contributed by atoms with Gasteiger partial charge in [0.2, 0.25) is 0 Å². The lowest BCUT2D eigenvalue weighted by atomic mass is 10.0. The zero-order chi connectivity index (χ0) is 29.3. The molecule has 220 valence electrons. The number of nitrogens with zero attached hydrogens (tertiary/aromatic N) is 1. The van der Waals surface area contributed by atoms with E-state index in [1.165, 1.54) is 25.3 Å². The fourth-order valence-electron chi connectivity index (χ4n) is 4.88. The molecule has 1 unspecified atom stereocenters. The minimum Gasteiger partial charge on any atom is -0.485 e. The van der Waals surface area contributed by atoms with Crippen LogP contribution < -0.4 is 4.74 Å². The summed E-state index contributed by atoms with van der Waals surface area (Å²) in [5.74, 6) is 0.457. The van der Waals surface area contributed by atoms with Crippen LogP contribution in [0.1, 0.15) is 85.0 Å². The Kier molecular flexibility index (Phi) is 13.9. The molecule has 3 aromatic rings. The van der Waals surface area contributed by atoms with Gasteiger partial charge in [0, 0.05) is 19.5 Å². The highest BCUT2D eigenvalue weighted by molar-refractivity contribution is 5.89. The second-order valence-corrected chi connectivity index (χ2v) is 10.4. The van der Waals surface area contributed by atoms with Crippen LogP contribution >= 0.6 is 0 Å². The normalized spacial score (nSPS) is 11.7. The van der Waals surface area contributed by atoms with Gasteiger partial charge in [0.15, 0.2) is 0 Å². The van der Waals surface area contributed by atoms with Crippen molar-refractivity contribution in [3.05, 3.63) is 101 Å². The lowest BCUT2D eigenvalue weighted by Crippen LogP contribution is -2.27. The monoisotopic (exact) mass is 559 g/mol. The molecule has 0 aliphatic heterocycles. The van der Waals surface area contributed by atoms with Gasteiger partial charge in [-0.3, -0.25) is 9.69 Å². The molecule has 0 aromatic heterocycles. The zero-order valence-electron chi connectivity index (χ0n) is 24.8. The van der Waals surface area contributed by atoms with Gasteiger partial charge in [-0.1, -0.05) is 80.4 Å². The van der Waals surface area contributed by atoms with Gasteiger partial charge in [-0.25, -0.2) is 4.79 Å². The van der Waals surface area contributed by atoms with E-state index in [-0.39, 0.29) is 18.0 Å². The number of methoxy groups -OCH3 is 2. The first-order valence-electron chi connectivity index (χ1n) is 14.8. The quantitative estimate of drug-likeness (QED) is 0.118. The molecule has 0 spiro atoms. The predicted molar refractivity (Wildman–Crippen MR) is 163 cm³/mol. The molecule has 0 N–H and O–H groups in total. The molecular formula is C35H45NO5. The highest BCUT2D eigenvalue weighted by atomic mass is 16.5. The van der Waals surface area contributed by atoms with Crippen molar-refractivity contribution in [3.63, 3.8) is 0 Å². The lowest BCUT2D eigenvalue weighted by Gasteiger charge is -2.25. The van der Waals surface area contributed by atoms with Crippen LogP contribution in [-0.2, 0) is 27.2 Å². The number of rotatable bonds is 18. The van der Waals surface area contributed by atoms with E-state index in [2.05, 4.69) is 54.3 Å². The van der Waals surface area contributed by atoms with Gasteiger partial charge in [0.05, 0.1) is 19.8 Å². The van der Waals surface area contributed by atoms with E-state index in [1.54, 1.807) is 0 Å². The first kappa shape index (κ1) is 31.9. The van der Waals surface area contributed by atoms with Gasteiger partial charge in [0.1, 0.15) is 11.9 Å². The lowest BCUT2D eigenvalue weighted by molar-refractivity contribution is -0.140. The fourth-order valence-corrected chi connectivity index (χ4v) is 4.88. The summed E-state index contributed by atoms with van der Waals surface area (Å²) in [5.41, 5.74) is 4.09. The Morgan fingerprint density at radius 2 is 1.51 bits per heavy atom. The first-order chi connectivity index (χ1) is 20.0. The second kappa shape index (κ2) is 17.9. The van der Waals surface area contributed by atoms with E-state index in [4.69, 9.17) is 14.2 Å². The summed E-state index contributed by atoms with van der Waals surface area (Å²) in [6.07, 6.45) is 7.33. The maximum atomic E-state index is 11.9. The summed E-state index contributed by atoms with van der Waals surface area (Å²) in [6, 6.07) is 26.5. The van der Waals surface area contributed by atoms with E-state index >= 15 is 0 Å². The largest absolute Gasteiger partial charge is 0.485 e. The molecule has 0 aliphatic rings. The van der Waals surface area contributed by atoms with Crippen molar-refractivity contribution >= 4 is 11.9 Å². The number of para-hydroxylation sites is 1. The molecule has 6 nitrogen and oxygen atoms in total. The maximum absolute atomic E-state index is 11.9.